The number of nitrogens with zero attached hydrogens (tertiary/aromatic N) is 1. The van der Waals surface area contributed by atoms with Gasteiger partial charge >= 0.3 is 0 Å². The summed E-state index contributed by atoms with van der Waals surface area (Å²) in [5.41, 5.74) is 4.27. The molecule has 3 nitrogen and oxygen atoms in total. The second-order valence-electron chi connectivity index (χ2n) is 7.44. The Morgan fingerprint density at radius 1 is 1.41 bits per heavy atom. The van der Waals surface area contributed by atoms with E-state index >= 15 is 0 Å². The molecule has 2 heterocycles. The smallest absolute Gasteiger partial charge is 0.165 e. The van der Waals surface area contributed by atoms with Crippen LogP contribution in [0.15, 0.2) is 24.3 Å². The molecule has 0 radical (unpaired) electrons. The third-order valence-corrected chi connectivity index (χ3v) is 6.26. The van der Waals surface area contributed by atoms with Crippen LogP contribution in [0, 0.1) is 5.92 Å². The second kappa shape index (κ2) is 4.29. The predicted molar refractivity (Wildman–Crippen MR) is 85.7 cm³/mol. The molecule has 116 valence electrons. The standard InChI is InChI=1S/C19H23NO2/c1-12-15-9-14-5-6-16(21-2)18-17(14)19(12,11-22-18)7-8-20(15)10-13-3-4-13/h5-6,13,15H,1,3-4,7-11H2,2H3. The van der Waals surface area contributed by atoms with Crippen molar-refractivity contribution >= 4 is 0 Å². The highest BCUT2D eigenvalue weighted by Gasteiger charge is 2.54. The third-order valence-electron chi connectivity index (χ3n) is 6.26. The van der Waals surface area contributed by atoms with Crippen LogP contribution < -0.4 is 9.47 Å². The molecule has 22 heavy (non-hydrogen) atoms. The Bertz CT molecular complexity index is 664. The number of rotatable bonds is 3. The lowest BCUT2D eigenvalue weighted by molar-refractivity contribution is 0.121. The summed E-state index contributed by atoms with van der Waals surface area (Å²) in [6, 6.07) is 4.83. The molecule has 0 N–H and O–H groups in total. The number of fused-ring (bicyclic) bond motifs is 1. The van der Waals surface area contributed by atoms with Gasteiger partial charge in [-0.2, -0.15) is 0 Å². The van der Waals surface area contributed by atoms with Gasteiger partial charge in [-0.1, -0.05) is 12.6 Å². The molecule has 0 aromatic heterocycles. The summed E-state index contributed by atoms with van der Waals surface area (Å²) in [6.45, 7) is 7.74. The molecular formula is C19H23NO2. The van der Waals surface area contributed by atoms with Crippen molar-refractivity contribution in [3.63, 3.8) is 0 Å². The van der Waals surface area contributed by atoms with Crippen molar-refractivity contribution in [1.82, 2.24) is 4.90 Å². The molecule has 1 saturated heterocycles. The lowest BCUT2D eigenvalue weighted by atomic mass is 9.62. The van der Waals surface area contributed by atoms with Crippen molar-refractivity contribution in [3.05, 3.63) is 35.4 Å². The normalized spacial score (nSPS) is 32.6. The fraction of sp³-hybridized carbons (Fsp3) is 0.579. The van der Waals surface area contributed by atoms with Crippen molar-refractivity contribution in [3.8, 4) is 11.5 Å². The summed E-state index contributed by atoms with van der Waals surface area (Å²) in [5, 5.41) is 0. The number of hydrogen-bond donors (Lipinski definition) is 0. The van der Waals surface area contributed by atoms with Crippen molar-refractivity contribution < 1.29 is 9.47 Å². The molecule has 2 aliphatic heterocycles. The molecule has 2 unspecified atom stereocenters. The Morgan fingerprint density at radius 2 is 2.27 bits per heavy atom. The first kappa shape index (κ1) is 13.0. The van der Waals surface area contributed by atoms with Gasteiger partial charge < -0.3 is 9.47 Å². The van der Waals surface area contributed by atoms with Crippen LogP contribution in [0.4, 0.5) is 0 Å². The molecule has 2 fully saturated rings. The van der Waals surface area contributed by atoms with Crippen LogP contribution in [0.25, 0.3) is 0 Å². The number of hydrogen-bond acceptors (Lipinski definition) is 3. The van der Waals surface area contributed by atoms with Gasteiger partial charge in [0, 0.05) is 24.7 Å². The summed E-state index contributed by atoms with van der Waals surface area (Å²) in [5.74, 6) is 2.80. The van der Waals surface area contributed by atoms with Crippen molar-refractivity contribution in [2.75, 3.05) is 26.8 Å². The van der Waals surface area contributed by atoms with E-state index in [1.54, 1.807) is 7.11 Å². The summed E-state index contributed by atoms with van der Waals surface area (Å²) in [6.07, 6.45) is 5.06. The highest BCUT2D eigenvalue weighted by Crippen LogP contribution is 2.57. The lowest BCUT2D eigenvalue weighted by Crippen LogP contribution is -2.55. The van der Waals surface area contributed by atoms with Crippen LogP contribution in [0.5, 0.6) is 11.5 Å². The van der Waals surface area contributed by atoms with Crippen LogP contribution in [0.2, 0.25) is 0 Å². The number of methoxy groups -OCH3 is 1. The first-order chi connectivity index (χ1) is 10.7. The van der Waals surface area contributed by atoms with Gasteiger partial charge in [-0.15, -0.1) is 0 Å². The molecule has 4 aliphatic rings. The van der Waals surface area contributed by atoms with Gasteiger partial charge in [0.2, 0.25) is 0 Å². The predicted octanol–water partition coefficient (Wildman–Crippen LogP) is 2.92. The van der Waals surface area contributed by atoms with Gasteiger partial charge in [-0.3, -0.25) is 4.90 Å². The van der Waals surface area contributed by atoms with Crippen LogP contribution >= 0.6 is 0 Å². The second-order valence-corrected chi connectivity index (χ2v) is 7.44. The molecule has 1 spiro atoms. The van der Waals surface area contributed by atoms with Crippen molar-refractivity contribution in [2.24, 2.45) is 5.92 Å². The monoisotopic (exact) mass is 297 g/mol. The Balaban J connectivity index is 1.61. The summed E-state index contributed by atoms with van der Waals surface area (Å²) in [4.78, 5) is 2.69. The first-order valence-corrected chi connectivity index (χ1v) is 8.49. The van der Waals surface area contributed by atoms with Gasteiger partial charge in [-0.25, -0.2) is 0 Å². The minimum Gasteiger partial charge on any atom is -0.493 e. The van der Waals surface area contributed by atoms with Gasteiger partial charge in [0.15, 0.2) is 11.5 Å². The molecule has 1 aromatic rings. The van der Waals surface area contributed by atoms with Crippen LogP contribution in [-0.2, 0) is 11.8 Å². The highest BCUT2D eigenvalue weighted by atomic mass is 16.5. The topological polar surface area (TPSA) is 21.7 Å². The van der Waals surface area contributed by atoms with E-state index in [2.05, 4.69) is 23.6 Å². The average Bonchev–Trinajstić information content (AvgIpc) is 3.26. The molecular weight excluding hydrogens is 274 g/mol. The zero-order valence-corrected chi connectivity index (χ0v) is 13.2. The average molecular weight is 297 g/mol. The number of benzene rings is 1. The van der Waals surface area contributed by atoms with Gasteiger partial charge in [-0.05, 0) is 48.8 Å². The molecule has 2 aliphatic carbocycles. The van der Waals surface area contributed by atoms with Crippen LogP contribution in [-0.4, -0.2) is 37.7 Å². The third kappa shape index (κ3) is 1.55. The fourth-order valence-corrected chi connectivity index (χ4v) is 4.82. The maximum absolute atomic E-state index is 6.12. The first-order valence-electron chi connectivity index (χ1n) is 8.49. The minimum absolute atomic E-state index is 0.0438. The molecule has 5 rings (SSSR count). The molecule has 2 atom stereocenters. The maximum Gasteiger partial charge on any atom is 0.165 e. The van der Waals surface area contributed by atoms with Gasteiger partial charge in [0.05, 0.1) is 12.5 Å². The zero-order chi connectivity index (χ0) is 14.9. The lowest BCUT2D eigenvalue weighted by Gasteiger charge is -2.50. The number of piperidine rings is 1. The number of likely N-dealkylation sites (tertiary alicyclic amines) is 1. The zero-order valence-electron chi connectivity index (χ0n) is 13.2. The highest BCUT2D eigenvalue weighted by molar-refractivity contribution is 5.63. The Labute approximate surface area is 131 Å². The van der Waals surface area contributed by atoms with E-state index in [9.17, 15) is 0 Å². The Kier molecular flexibility index (Phi) is 2.53. The van der Waals surface area contributed by atoms with Crippen molar-refractivity contribution in [2.45, 2.75) is 37.1 Å². The molecule has 3 heteroatoms. The summed E-state index contributed by atoms with van der Waals surface area (Å²) < 4.78 is 11.6. The SMILES string of the molecule is C=C1C2Cc3ccc(OC)c4c3C1(CCN2CC1CC1)CO4. The Hall–Kier alpha value is -1.48. The van der Waals surface area contributed by atoms with E-state index in [-0.39, 0.29) is 5.41 Å². The fourth-order valence-electron chi connectivity index (χ4n) is 4.82. The number of ether oxygens (including phenoxy) is 2. The molecule has 0 amide bonds. The van der Waals surface area contributed by atoms with E-state index in [0.29, 0.717) is 6.04 Å². The summed E-state index contributed by atoms with van der Waals surface area (Å²) in [7, 11) is 1.73. The van der Waals surface area contributed by atoms with Gasteiger partial charge in [0.25, 0.3) is 0 Å². The minimum atomic E-state index is 0.0438. The van der Waals surface area contributed by atoms with E-state index in [0.717, 1.165) is 36.9 Å². The van der Waals surface area contributed by atoms with Crippen LogP contribution in [0.1, 0.15) is 30.4 Å². The quantitative estimate of drug-likeness (QED) is 0.801. The van der Waals surface area contributed by atoms with Gasteiger partial charge in [0.1, 0.15) is 6.61 Å². The van der Waals surface area contributed by atoms with Crippen LogP contribution in [0.3, 0.4) is 0 Å². The Morgan fingerprint density at radius 3 is 3.05 bits per heavy atom. The maximum atomic E-state index is 6.12. The van der Waals surface area contributed by atoms with Crippen molar-refractivity contribution in [1.29, 1.82) is 0 Å². The summed E-state index contributed by atoms with van der Waals surface area (Å²) >= 11 is 0. The molecule has 1 saturated carbocycles. The largest absolute Gasteiger partial charge is 0.493 e. The van der Waals surface area contributed by atoms with E-state index < -0.39 is 0 Å². The van der Waals surface area contributed by atoms with E-state index in [1.165, 1.54) is 42.6 Å². The molecule has 2 bridgehead atoms. The molecule has 1 aromatic carbocycles. The van der Waals surface area contributed by atoms with E-state index in [4.69, 9.17) is 9.47 Å². The van der Waals surface area contributed by atoms with E-state index in [1.807, 2.05) is 0 Å².